The normalized spacial score (nSPS) is 21.9. The van der Waals surface area contributed by atoms with Crippen molar-refractivity contribution < 1.29 is 9.47 Å². The Labute approximate surface area is 101 Å². The van der Waals surface area contributed by atoms with Crippen LogP contribution >= 0.6 is 11.3 Å². The molecule has 0 aliphatic carbocycles. The summed E-state index contributed by atoms with van der Waals surface area (Å²) in [6.45, 7) is 1.51. The highest BCUT2D eigenvalue weighted by Crippen LogP contribution is 2.29. The molecule has 1 unspecified atom stereocenters. The molecule has 1 fully saturated rings. The second-order valence-electron chi connectivity index (χ2n) is 4.27. The third-order valence-corrected chi connectivity index (χ3v) is 4.32. The Morgan fingerprint density at radius 3 is 2.88 bits per heavy atom. The summed E-state index contributed by atoms with van der Waals surface area (Å²) in [7, 11) is 1.76. The SMILES string of the molecule is COC1(C(N)Cc2cccs2)CCOCC1. The van der Waals surface area contributed by atoms with E-state index in [2.05, 4.69) is 17.5 Å². The van der Waals surface area contributed by atoms with Crippen LogP contribution in [0.3, 0.4) is 0 Å². The molecule has 0 bridgehead atoms. The van der Waals surface area contributed by atoms with Crippen molar-refractivity contribution in [3.8, 4) is 0 Å². The van der Waals surface area contributed by atoms with Gasteiger partial charge < -0.3 is 15.2 Å². The second kappa shape index (κ2) is 5.27. The largest absolute Gasteiger partial charge is 0.381 e. The van der Waals surface area contributed by atoms with Crippen LogP contribution in [-0.2, 0) is 15.9 Å². The smallest absolute Gasteiger partial charge is 0.0876 e. The molecule has 0 spiro atoms. The van der Waals surface area contributed by atoms with Crippen molar-refractivity contribution in [3.63, 3.8) is 0 Å². The van der Waals surface area contributed by atoms with Gasteiger partial charge in [-0.3, -0.25) is 0 Å². The minimum absolute atomic E-state index is 0.0556. The van der Waals surface area contributed by atoms with Crippen LogP contribution in [0.5, 0.6) is 0 Å². The number of hydrogen-bond acceptors (Lipinski definition) is 4. The Balaban J connectivity index is 2.02. The fourth-order valence-corrected chi connectivity index (χ4v) is 3.04. The molecule has 1 saturated heterocycles. The molecule has 4 heteroatoms. The quantitative estimate of drug-likeness (QED) is 0.874. The summed E-state index contributed by atoms with van der Waals surface area (Å²) in [5.74, 6) is 0. The third kappa shape index (κ3) is 2.46. The molecule has 1 aliphatic heterocycles. The van der Waals surface area contributed by atoms with Crippen molar-refractivity contribution in [2.75, 3.05) is 20.3 Å². The van der Waals surface area contributed by atoms with E-state index in [1.165, 1.54) is 4.88 Å². The highest BCUT2D eigenvalue weighted by molar-refractivity contribution is 7.09. The Morgan fingerprint density at radius 2 is 2.31 bits per heavy atom. The van der Waals surface area contributed by atoms with Crippen molar-refractivity contribution >= 4 is 11.3 Å². The number of ether oxygens (including phenoxy) is 2. The minimum Gasteiger partial charge on any atom is -0.381 e. The summed E-state index contributed by atoms with van der Waals surface area (Å²) < 4.78 is 11.1. The fourth-order valence-electron chi connectivity index (χ4n) is 2.27. The number of thiophene rings is 1. The minimum atomic E-state index is -0.192. The monoisotopic (exact) mass is 241 g/mol. The van der Waals surface area contributed by atoms with Gasteiger partial charge >= 0.3 is 0 Å². The Morgan fingerprint density at radius 1 is 1.56 bits per heavy atom. The van der Waals surface area contributed by atoms with E-state index in [9.17, 15) is 0 Å². The predicted molar refractivity (Wildman–Crippen MR) is 65.8 cm³/mol. The van der Waals surface area contributed by atoms with E-state index >= 15 is 0 Å². The van der Waals surface area contributed by atoms with Gasteiger partial charge in [-0.1, -0.05) is 6.07 Å². The molecule has 0 aromatic carbocycles. The number of methoxy groups -OCH3 is 1. The van der Waals surface area contributed by atoms with E-state index < -0.39 is 0 Å². The van der Waals surface area contributed by atoms with Gasteiger partial charge in [-0.25, -0.2) is 0 Å². The zero-order valence-electron chi connectivity index (χ0n) is 9.65. The molecule has 0 amide bonds. The van der Waals surface area contributed by atoms with Gasteiger partial charge in [0.05, 0.1) is 5.60 Å². The van der Waals surface area contributed by atoms with Crippen LogP contribution in [-0.4, -0.2) is 32.0 Å². The zero-order chi connectivity index (χ0) is 11.4. The van der Waals surface area contributed by atoms with E-state index in [-0.39, 0.29) is 11.6 Å². The average molecular weight is 241 g/mol. The molecule has 1 aromatic rings. The highest BCUT2D eigenvalue weighted by Gasteiger charge is 2.38. The standard InChI is InChI=1S/C12H19NO2S/c1-14-12(4-6-15-7-5-12)11(13)9-10-3-2-8-16-10/h2-3,8,11H,4-7,9,13H2,1H3. The van der Waals surface area contributed by atoms with Crippen molar-refractivity contribution in [3.05, 3.63) is 22.4 Å². The molecule has 0 saturated carbocycles. The molecule has 1 aliphatic rings. The summed E-state index contributed by atoms with van der Waals surface area (Å²) in [5, 5.41) is 2.09. The van der Waals surface area contributed by atoms with Crippen LogP contribution in [0.2, 0.25) is 0 Å². The van der Waals surface area contributed by atoms with Gasteiger partial charge in [0.1, 0.15) is 0 Å². The molecule has 3 nitrogen and oxygen atoms in total. The van der Waals surface area contributed by atoms with Crippen molar-refractivity contribution in [1.29, 1.82) is 0 Å². The summed E-state index contributed by atoms with van der Waals surface area (Å²) in [6.07, 6.45) is 2.69. The third-order valence-electron chi connectivity index (χ3n) is 3.42. The molecule has 16 heavy (non-hydrogen) atoms. The van der Waals surface area contributed by atoms with Crippen molar-refractivity contribution in [2.45, 2.75) is 30.9 Å². The Hall–Kier alpha value is -0.420. The lowest BCUT2D eigenvalue weighted by Gasteiger charge is -2.40. The van der Waals surface area contributed by atoms with Gasteiger partial charge in [0.25, 0.3) is 0 Å². The average Bonchev–Trinajstić information content (AvgIpc) is 2.82. The molecule has 1 aromatic heterocycles. The lowest BCUT2D eigenvalue weighted by atomic mass is 9.84. The molecule has 90 valence electrons. The van der Waals surface area contributed by atoms with Gasteiger partial charge in [-0.05, 0) is 17.9 Å². The summed E-state index contributed by atoms with van der Waals surface area (Å²) in [6, 6.07) is 4.25. The summed E-state index contributed by atoms with van der Waals surface area (Å²) >= 11 is 1.76. The first kappa shape index (κ1) is 12.0. The molecular formula is C12H19NO2S. The van der Waals surface area contributed by atoms with Crippen LogP contribution in [0, 0.1) is 0 Å². The molecule has 0 radical (unpaired) electrons. The van der Waals surface area contributed by atoms with Crippen LogP contribution in [0.25, 0.3) is 0 Å². The molecule has 2 rings (SSSR count). The predicted octanol–water partition coefficient (Wildman–Crippen LogP) is 1.81. The highest BCUT2D eigenvalue weighted by atomic mass is 32.1. The number of rotatable bonds is 4. The molecule has 2 heterocycles. The summed E-state index contributed by atoms with van der Waals surface area (Å²) in [4.78, 5) is 1.33. The Kier molecular flexibility index (Phi) is 3.97. The number of nitrogens with two attached hydrogens (primary N) is 1. The topological polar surface area (TPSA) is 44.5 Å². The first-order valence-electron chi connectivity index (χ1n) is 5.68. The molecular weight excluding hydrogens is 222 g/mol. The van der Waals surface area contributed by atoms with E-state index in [0.29, 0.717) is 0 Å². The molecule has 2 N–H and O–H groups in total. The lowest BCUT2D eigenvalue weighted by Crippen LogP contribution is -2.53. The van der Waals surface area contributed by atoms with Gasteiger partial charge in [0.2, 0.25) is 0 Å². The second-order valence-corrected chi connectivity index (χ2v) is 5.30. The maximum Gasteiger partial charge on any atom is 0.0876 e. The van der Waals surface area contributed by atoms with Crippen LogP contribution in [0.4, 0.5) is 0 Å². The fraction of sp³-hybridized carbons (Fsp3) is 0.667. The van der Waals surface area contributed by atoms with Crippen LogP contribution in [0.15, 0.2) is 17.5 Å². The van der Waals surface area contributed by atoms with Gasteiger partial charge in [0.15, 0.2) is 0 Å². The van der Waals surface area contributed by atoms with Gasteiger partial charge in [-0.2, -0.15) is 0 Å². The first-order valence-corrected chi connectivity index (χ1v) is 6.56. The van der Waals surface area contributed by atoms with Crippen LogP contribution < -0.4 is 5.73 Å². The van der Waals surface area contributed by atoms with Gasteiger partial charge in [0, 0.05) is 44.1 Å². The first-order chi connectivity index (χ1) is 7.77. The van der Waals surface area contributed by atoms with Crippen molar-refractivity contribution in [2.24, 2.45) is 5.73 Å². The van der Waals surface area contributed by atoms with Gasteiger partial charge in [-0.15, -0.1) is 11.3 Å². The zero-order valence-corrected chi connectivity index (χ0v) is 10.5. The maximum atomic E-state index is 6.31. The van der Waals surface area contributed by atoms with Crippen molar-refractivity contribution in [1.82, 2.24) is 0 Å². The summed E-state index contributed by atoms with van der Waals surface area (Å²) in [5.41, 5.74) is 6.12. The molecule has 1 atom stereocenters. The maximum absolute atomic E-state index is 6.31. The van der Waals surface area contributed by atoms with E-state index in [4.69, 9.17) is 15.2 Å². The van der Waals surface area contributed by atoms with Crippen LogP contribution in [0.1, 0.15) is 17.7 Å². The lowest BCUT2D eigenvalue weighted by molar-refractivity contribution is -0.103. The Bertz CT molecular complexity index is 307. The van der Waals surface area contributed by atoms with E-state index in [0.717, 1.165) is 32.5 Å². The van der Waals surface area contributed by atoms with E-state index in [1.54, 1.807) is 18.4 Å². The van der Waals surface area contributed by atoms with E-state index in [1.807, 2.05) is 0 Å². The number of hydrogen-bond donors (Lipinski definition) is 1.